The summed E-state index contributed by atoms with van der Waals surface area (Å²) in [4.78, 5) is 7.48. The molecule has 0 aromatic heterocycles. The van der Waals surface area contributed by atoms with Crippen LogP contribution < -0.4 is 31.1 Å². The van der Waals surface area contributed by atoms with E-state index in [1.54, 1.807) is 0 Å². The van der Waals surface area contributed by atoms with Gasteiger partial charge in [0, 0.05) is 50.6 Å². The maximum atomic E-state index is 2.54. The maximum Gasteiger partial charge on any atom is 0.252 e. The van der Waals surface area contributed by atoms with Crippen molar-refractivity contribution in [3.05, 3.63) is 206 Å². The van der Waals surface area contributed by atoms with Crippen molar-refractivity contribution < 1.29 is 0 Å². The molecule has 0 bridgehead atoms. The van der Waals surface area contributed by atoms with Crippen LogP contribution in [-0.4, -0.2) is 6.71 Å². The molecule has 3 nitrogen and oxygen atoms in total. The van der Waals surface area contributed by atoms with Crippen molar-refractivity contribution in [3.8, 4) is 0 Å². The molecule has 0 spiro atoms. The van der Waals surface area contributed by atoms with E-state index in [1.165, 1.54) is 71.9 Å². The maximum absolute atomic E-state index is 2.54. The molecule has 2 aliphatic rings. The molecule has 9 aromatic carbocycles. The van der Waals surface area contributed by atoms with E-state index < -0.39 is 0 Å². The van der Waals surface area contributed by atoms with E-state index in [0.717, 1.165) is 22.7 Å². The first-order valence-electron chi connectivity index (χ1n) is 20.3. The fourth-order valence-electron chi connectivity index (χ4n) is 9.53. The fraction of sp³-hybridized carbons (Fsp3) is 0.0741. The predicted octanol–water partition coefficient (Wildman–Crippen LogP) is 12.8. The van der Waals surface area contributed by atoms with Gasteiger partial charge in [-0.1, -0.05) is 154 Å². The highest BCUT2D eigenvalue weighted by molar-refractivity contribution is 7.01. The minimum Gasteiger partial charge on any atom is -0.311 e. The quantitative estimate of drug-likeness (QED) is 0.163. The number of benzene rings is 9. The molecule has 4 heteroatoms. The first-order chi connectivity index (χ1) is 28.5. The summed E-state index contributed by atoms with van der Waals surface area (Å²) in [7, 11) is 0. The summed E-state index contributed by atoms with van der Waals surface area (Å²) in [6.07, 6.45) is 0. The van der Waals surface area contributed by atoms with E-state index in [9.17, 15) is 0 Å². The Kier molecular flexibility index (Phi) is 7.84. The Hall–Kier alpha value is -7.04. The highest BCUT2D eigenvalue weighted by Crippen LogP contribution is 2.49. The summed E-state index contributed by atoms with van der Waals surface area (Å²) in [6, 6.07) is 73.7. The number of fused-ring (bicyclic) bond motifs is 7. The Morgan fingerprint density at radius 2 is 0.966 bits per heavy atom. The molecule has 0 aliphatic carbocycles. The van der Waals surface area contributed by atoms with Crippen LogP contribution in [0, 0.1) is 0 Å². The molecule has 0 amide bonds. The van der Waals surface area contributed by atoms with Crippen molar-refractivity contribution >= 4 is 95.8 Å². The van der Waals surface area contributed by atoms with Crippen LogP contribution in [0.4, 0.5) is 51.2 Å². The summed E-state index contributed by atoms with van der Waals surface area (Å²) < 4.78 is 0. The van der Waals surface area contributed by atoms with E-state index in [-0.39, 0.29) is 12.1 Å². The molecule has 11 rings (SSSR count). The zero-order valence-corrected chi connectivity index (χ0v) is 33.0. The van der Waals surface area contributed by atoms with Crippen molar-refractivity contribution in [2.45, 2.75) is 26.2 Å². The SMILES string of the molecule is CC(C)(C)c1ccc2c(c1)B1c3c(cccc3N2c2cccc3ccccc23)N(c2ccccc2)c2cc(N(c3ccccc3)c3ccccc3)c3ccccc3c21. The summed E-state index contributed by atoms with van der Waals surface area (Å²) in [5, 5.41) is 4.94. The van der Waals surface area contributed by atoms with Crippen molar-refractivity contribution in [3.63, 3.8) is 0 Å². The van der Waals surface area contributed by atoms with Gasteiger partial charge < -0.3 is 14.7 Å². The predicted molar refractivity (Wildman–Crippen MR) is 249 cm³/mol. The van der Waals surface area contributed by atoms with Gasteiger partial charge in [0.05, 0.1) is 11.4 Å². The third-order valence-electron chi connectivity index (χ3n) is 12.1. The number of para-hydroxylation sites is 3. The van der Waals surface area contributed by atoms with Crippen LogP contribution in [0.25, 0.3) is 21.5 Å². The Morgan fingerprint density at radius 3 is 1.66 bits per heavy atom. The van der Waals surface area contributed by atoms with Crippen molar-refractivity contribution in [1.29, 1.82) is 0 Å². The zero-order valence-electron chi connectivity index (χ0n) is 33.0. The summed E-state index contributed by atoms with van der Waals surface area (Å²) in [5.41, 5.74) is 15.8. The monoisotopic (exact) mass is 743 g/mol. The second-order valence-corrected chi connectivity index (χ2v) is 16.6. The average Bonchev–Trinajstić information content (AvgIpc) is 3.27. The van der Waals surface area contributed by atoms with Gasteiger partial charge in [-0.15, -0.1) is 0 Å². The van der Waals surface area contributed by atoms with Crippen LogP contribution in [0.3, 0.4) is 0 Å². The molecule has 0 radical (unpaired) electrons. The number of hydrogen-bond acceptors (Lipinski definition) is 3. The molecule has 0 saturated heterocycles. The van der Waals surface area contributed by atoms with Crippen molar-refractivity contribution in [2.24, 2.45) is 0 Å². The van der Waals surface area contributed by atoms with Gasteiger partial charge >= 0.3 is 0 Å². The summed E-state index contributed by atoms with van der Waals surface area (Å²) in [6.45, 7) is 6.96. The Labute approximate surface area is 341 Å². The standard InChI is InChI=1S/C54H42BN3/c1-54(2,3)38-33-34-47-45(35-38)55-52-44-29-16-15-28-43(44)50(56(39-21-7-4-8-22-39)40-23-9-5-10-24-40)36-51(52)57(41-25-11-6-12-26-41)48-31-18-32-49(53(48)55)58(47)46-30-17-20-37-19-13-14-27-42(37)46/h4-36H,1-3H3. The lowest BCUT2D eigenvalue weighted by Gasteiger charge is -2.45. The highest BCUT2D eigenvalue weighted by atomic mass is 15.2. The highest BCUT2D eigenvalue weighted by Gasteiger charge is 2.45. The Balaban J connectivity index is 1.28. The first kappa shape index (κ1) is 34.2. The molecule has 58 heavy (non-hydrogen) atoms. The van der Waals surface area contributed by atoms with Crippen LogP contribution in [0.2, 0.25) is 0 Å². The molecule has 2 aliphatic heterocycles. The first-order valence-corrected chi connectivity index (χ1v) is 20.3. The normalized spacial score (nSPS) is 13.0. The molecule has 0 saturated carbocycles. The molecule has 0 fully saturated rings. The molecule has 2 heterocycles. The second kappa shape index (κ2) is 13.3. The fourth-order valence-corrected chi connectivity index (χ4v) is 9.53. The number of nitrogens with zero attached hydrogens (tertiary/aromatic N) is 3. The third-order valence-corrected chi connectivity index (χ3v) is 12.1. The van der Waals surface area contributed by atoms with Gasteiger partial charge in [-0.05, 0) is 105 Å². The summed E-state index contributed by atoms with van der Waals surface area (Å²) in [5.74, 6) is 0. The molecule has 0 atom stereocenters. The van der Waals surface area contributed by atoms with Crippen molar-refractivity contribution in [2.75, 3.05) is 14.7 Å². The molecule has 0 N–H and O–H groups in total. The average molecular weight is 744 g/mol. The molecular formula is C54H42BN3. The van der Waals surface area contributed by atoms with Gasteiger partial charge in [0.1, 0.15) is 0 Å². The largest absolute Gasteiger partial charge is 0.311 e. The van der Waals surface area contributed by atoms with E-state index in [2.05, 4.69) is 236 Å². The van der Waals surface area contributed by atoms with Crippen LogP contribution in [0.1, 0.15) is 26.3 Å². The molecular weight excluding hydrogens is 701 g/mol. The van der Waals surface area contributed by atoms with Crippen LogP contribution in [0.5, 0.6) is 0 Å². The number of anilines is 9. The smallest absolute Gasteiger partial charge is 0.252 e. The Morgan fingerprint density at radius 1 is 0.414 bits per heavy atom. The van der Waals surface area contributed by atoms with Crippen LogP contribution in [-0.2, 0) is 5.41 Å². The van der Waals surface area contributed by atoms with E-state index in [0.29, 0.717) is 0 Å². The van der Waals surface area contributed by atoms with Gasteiger partial charge in [0.15, 0.2) is 0 Å². The second-order valence-electron chi connectivity index (χ2n) is 16.6. The lowest BCUT2D eigenvalue weighted by molar-refractivity contribution is 0.591. The topological polar surface area (TPSA) is 9.72 Å². The lowest BCUT2D eigenvalue weighted by Crippen LogP contribution is -2.61. The van der Waals surface area contributed by atoms with Gasteiger partial charge in [-0.2, -0.15) is 0 Å². The van der Waals surface area contributed by atoms with Gasteiger partial charge in [-0.25, -0.2) is 0 Å². The zero-order chi connectivity index (χ0) is 39.0. The number of rotatable bonds is 5. The number of hydrogen-bond donors (Lipinski definition) is 0. The van der Waals surface area contributed by atoms with Crippen LogP contribution in [0.15, 0.2) is 200 Å². The van der Waals surface area contributed by atoms with Gasteiger partial charge in [-0.3, -0.25) is 0 Å². The minimum absolute atomic E-state index is 0.0226. The van der Waals surface area contributed by atoms with Gasteiger partial charge in [0.2, 0.25) is 0 Å². The van der Waals surface area contributed by atoms with E-state index in [1.807, 2.05) is 0 Å². The van der Waals surface area contributed by atoms with E-state index in [4.69, 9.17) is 0 Å². The molecule has 276 valence electrons. The Bertz CT molecular complexity index is 2960. The van der Waals surface area contributed by atoms with Crippen molar-refractivity contribution in [1.82, 2.24) is 0 Å². The molecule has 0 unspecified atom stereocenters. The molecule has 9 aromatic rings. The lowest BCUT2D eigenvalue weighted by atomic mass is 9.32. The van der Waals surface area contributed by atoms with E-state index >= 15 is 0 Å². The third kappa shape index (κ3) is 5.29. The van der Waals surface area contributed by atoms with Gasteiger partial charge in [0.25, 0.3) is 6.71 Å². The van der Waals surface area contributed by atoms with Crippen LogP contribution >= 0.6 is 0 Å². The minimum atomic E-state index is -0.0372. The summed E-state index contributed by atoms with van der Waals surface area (Å²) >= 11 is 0.